The Labute approximate surface area is 244 Å². The summed E-state index contributed by atoms with van der Waals surface area (Å²) < 4.78 is 10.4. The van der Waals surface area contributed by atoms with E-state index < -0.39 is 35.7 Å². The van der Waals surface area contributed by atoms with Crippen molar-refractivity contribution in [3.63, 3.8) is 0 Å². The number of thioether (sulfide) groups is 1. The third-order valence-corrected chi connectivity index (χ3v) is 6.67. The highest BCUT2D eigenvalue weighted by Crippen LogP contribution is 2.25. The maximum atomic E-state index is 14.2. The summed E-state index contributed by atoms with van der Waals surface area (Å²) in [5, 5.41) is 5.58. The van der Waals surface area contributed by atoms with Crippen LogP contribution >= 0.6 is 11.8 Å². The number of amides is 3. The minimum atomic E-state index is -0.936. The Morgan fingerprint density at radius 3 is 2.27 bits per heavy atom. The molecule has 0 bridgehead atoms. The van der Waals surface area contributed by atoms with E-state index in [9.17, 15) is 19.2 Å². The van der Waals surface area contributed by atoms with Crippen LogP contribution in [0.4, 0.5) is 4.79 Å². The van der Waals surface area contributed by atoms with Gasteiger partial charge in [0.25, 0.3) is 0 Å². The average molecular weight is 580 g/mol. The fraction of sp³-hybridized carbons (Fsp3) is 0.667. The molecule has 2 unspecified atom stereocenters. The Bertz CT molecular complexity index is 932. The Balaban J connectivity index is 3.39. The number of nitrogens with one attached hydrogen (secondary N) is 2. The molecule has 1 aromatic rings. The zero-order valence-corrected chi connectivity index (χ0v) is 26.2. The highest BCUT2D eigenvalue weighted by molar-refractivity contribution is 7.98. The molecule has 2 N–H and O–H groups in total. The van der Waals surface area contributed by atoms with Crippen LogP contribution in [0.3, 0.4) is 0 Å². The van der Waals surface area contributed by atoms with Crippen molar-refractivity contribution < 1.29 is 28.7 Å². The van der Waals surface area contributed by atoms with Gasteiger partial charge in [0.15, 0.2) is 0 Å². The molecular formula is C30H49N3O6S. The summed E-state index contributed by atoms with van der Waals surface area (Å²) in [5.41, 5.74) is 0.958. The van der Waals surface area contributed by atoms with Crippen LogP contribution in [0.25, 0.3) is 0 Å². The highest BCUT2D eigenvalue weighted by atomic mass is 32.2. The van der Waals surface area contributed by atoms with Gasteiger partial charge in [0.05, 0.1) is 13.0 Å². The molecule has 1 rings (SSSR count). The van der Waals surface area contributed by atoms with Crippen LogP contribution in [0.5, 0.6) is 0 Å². The molecule has 40 heavy (non-hydrogen) atoms. The number of aryl methyl sites for hydroxylation is 1. The molecule has 0 spiro atoms. The monoisotopic (exact) mass is 579 g/mol. The van der Waals surface area contributed by atoms with Gasteiger partial charge in [-0.05, 0) is 65.0 Å². The van der Waals surface area contributed by atoms with E-state index in [1.54, 1.807) is 44.4 Å². The lowest BCUT2D eigenvalue weighted by Crippen LogP contribution is -2.53. The van der Waals surface area contributed by atoms with Gasteiger partial charge in [-0.25, -0.2) is 4.79 Å². The van der Waals surface area contributed by atoms with Crippen molar-refractivity contribution in [3.8, 4) is 0 Å². The van der Waals surface area contributed by atoms with Crippen molar-refractivity contribution in [1.29, 1.82) is 0 Å². The van der Waals surface area contributed by atoms with Crippen LogP contribution in [-0.2, 0) is 23.9 Å². The third kappa shape index (κ3) is 13.5. The predicted molar refractivity (Wildman–Crippen MR) is 160 cm³/mol. The first kappa shape index (κ1) is 35.3. The summed E-state index contributed by atoms with van der Waals surface area (Å²) in [7, 11) is 0. The minimum Gasteiger partial charge on any atom is -0.466 e. The van der Waals surface area contributed by atoms with Crippen molar-refractivity contribution in [2.45, 2.75) is 97.8 Å². The Kier molecular flexibility index (Phi) is 16.4. The maximum absolute atomic E-state index is 14.2. The van der Waals surface area contributed by atoms with E-state index in [-0.39, 0.29) is 25.5 Å². The molecule has 0 aliphatic carbocycles. The molecule has 226 valence electrons. The van der Waals surface area contributed by atoms with Crippen LogP contribution in [0, 0.1) is 6.92 Å². The number of ether oxygens (including phenoxy) is 2. The van der Waals surface area contributed by atoms with Crippen LogP contribution < -0.4 is 10.6 Å². The zero-order chi connectivity index (χ0) is 30.1. The Morgan fingerprint density at radius 1 is 1.02 bits per heavy atom. The largest absolute Gasteiger partial charge is 0.466 e. The summed E-state index contributed by atoms with van der Waals surface area (Å²) in [6.45, 7) is 11.8. The smallest absolute Gasteiger partial charge is 0.408 e. The number of hydrogen-bond acceptors (Lipinski definition) is 7. The van der Waals surface area contributed by atoms with Gasteiger partial charge in [-0.15, -0.1) is 0 Å². The quantitative estimate of drug-likeness (QED) is 0.194. The molecule has 10 heteroatoms. The van der Waals surface area contributed by atoms with E-state index in [0.29, 0.717) is 30.7 Å². The van der Waals surface area contributed by atoms with E-state index in [1.807, 2.05) is 37.4 Å². The van der Waals surface area contributed by atoms with E-state index >= 15 is 0 Å². The van der Waals surface area contributed by atoms with Crippen molar-refractivity contribution in [3.05, 3.63) is 35.4 Å². The van der Waals surface area contributed by atoms with Crippen LogP contribution in [0.1, 0.15) is 90.3 Å². The lowest BCUT2D eigenvalue weighted by Gasteiger charge is -2.34. The standard InChI is InChI=1S/C30H49N3O6S/c1-8-10-11-12-20-33(28(36)24(18-21-40-7)32-29(37)39-30(4,5)6)26(23-15-13-22(3)14-16-23)27(35)31-19-17-25(34)38-9-2/h13-16,24,26H,8-12,17-21H2,1-7H3,(H,31,35)(H,32,37). The van der Waals surface area contributed by atoms with E-state index in [1.165, 1.54) is 0 Å². The second-order valence-electron chi connectivity index (χ2n) is 10.7. The first-order chi connectivity index (χ1) is 18.9. The SMILES string of the molecule is CCCCCCN(C(=O)C(CCSC)NC(=O)OC(C)(C)C)C(C(=O)NCCC(=O)OCC)c1ccc(C)cc1. The fourth-order valence-corrected chi connectivity index (χ4v) is 4.53. The number of esters is 1. The lowest BCUT2D eigenvalue weighted by atomic mass is 10.0. The number of carbonyl (C=O) groups excluding carboxylic acids is 4. The van der Waals surface area contributed by atoms with Crippen molar-refractivity contribution in [2.24, 2.45) is 0 Å². The first-order valence-corrected chi connectivity index (χ1v) is 15.6. The highest BCUT2D eigenvalue weighted by Gasteiger charge is 2.36. The average Bonchev–Trinajstić information content (AvgIpc) is 2.87. The van der Waals surface area contributed by atoms with Gasteiger partial charge in [0, 0.05) is 13.1 Å². The minimum absolute atomic E-state index is 0.0290. The molecule has 3 amide bonds. The van der Waals surface area contributed by atoms with Crippen LogP contribution in [-0.4, -0.2) is 72.1 Å². The van der Waals surface area contributed by atoms with Crippen molar-refractivity contribution in [1.82, 2.24) is 15.5 Å². The molecule has 1 aromatic carbocycles. The molecule has 0 aliphatic rings. The Morgan fingerprint density at radius 2 is 1.70 bits per heavy atom. The normalized spacial score (nSPS) is 12.7. The fourth-order valence-electron chi connectivity index (χ4n) is 4.06. The molecule has 9 nitrogen and oxygen atoms in total. The van der Waals surface area contributed by atoms with E-state index in [4.69, 9.17) is 9.47 Å². The predicted octanol–water partition coefficient (Wildman–Crippen LogP) is 5.16. The van der Waals surface area contributed by atoms with Gasteiger partial charge in [0.2, 0.25) is 11.8 Å². The second kappa shape index (κ2) is 18.6. The van der Waals surface area contributed by atoms with Gasteiger partial charge in [-0.2, -0.15) is 11.8 Å². The van der Waals surface area contributed by atoms with Gasteiger partial charge >= 0.3 is 12.1 Å². The molecular weight excluding hydrogens is 530 g/mol. The number of hydrogen-bond donors (Lipinski definition) is 2. The maximum Gasteiger partial charge on any atom is 0.408 e. The van der Waals surface area contributed by atoms with Gasteiger partial charge in [-0.3, -0.25) is 14.4 Å². The topological polar surface area (TPSA) is 114 Å². The van der Waals surface area contributed by atoms with Gasteiger partial charge < -0.3 is 25.0 Å². The lowest BCUT2D eigenvalue weighted by molar-refractivity contribution is -0.144. The summed E-state index contributed by atoms with van der Waals surface area (Å²) in [5.74, 6) is -0.502. The molecule has 0 heterocycles. The first-order valence-electron chi connectivity index (χ1n) is 14.2. The van der Waals surface area contributed by atoms with Crippen LogP contribution in [0.15, 0.2) is 24.3 Å². The summed E-state index contributed by atoms with van der Waals surface area (Å²) in [6.07, 6.45) is 5.32. The molecule has 0 aromatic heterocycles. The number of rotatable bonds is 17. The molecule has 0 saturated heterocycles. The second-order valence-corrected chi connectivity index (χ2v) is 11.7. The molecule has 0 saturated carbocycles. The summed E-state index contributed by atoms with van der Waals surface area (Å²) >= 11 is 1.57. The van der Waals surface area contributed by atoms with Gasteiger partial charge in [-0.1, -0.05) is 56.0 Å². The molecule has 2 atom stereocenters. The van der Waals surface area contributed by atoms with Crippen LogP contribution in [0.2, 0.25) is 0 Å². The summed E-state index contributed by atoms with van der Waals surface area (Å²) in [6, 6.07) is 5.68. The van der Waals surface area contributed by atoms with E-state index in [0.717, 1.165) is 24.8 Å². The summed E-state index contributed by atoms with van der Waals surface area (Å²) in [4.78, 5) is 53.9. The number of benzene rings is 1. The third-order valence-electron chi connectivity index (χ3n) is 6.02. The number of carbonyl (C=O) groups is 4. The number of unbranched alkanes of at least 4 members (excludes halogenated alkanes) is 3. The Hall–Kier alpha value is -2.75. The molecule has 0 aliphatic heterocycles. The van der Waals surface area contributed by atoms with Crippen molar-refractivity contribution >= 4 is 35.6 Å². The molecule has 0 radical (unpaired) electrons. The number of nitrogens with zero attached hydrogens (tertiary/aromatic N) is 1. The number of alkyl carbamates (subject to hydrolysis) is 1. The van der Waals surface area contributed by atoms with Gasteiger partial charge in [0.1, 0.15) is 17.7 Å². The van der Waals surface area contributed by atoms with E-state index in [2.05, 4.69) is 17.6 Å². The zero-order valence-electron chi connectivity index (χ0n) is 25.3. The van der Waals surface area contributed by atoms with Crippen molar-refractivity contribution in [2.75, 3.05) is 31.7 Å². The molecule has 0 fully saturated rings.